The van der Waals surface area contributed by atoms with Crippen molar-refractivity contribution in [3.8, 4) is 0 Å². The molecule has 4 nitrogen and oxygen atoms in total. The Kier molecular flexibility index (Phi) is 3.63. The zero-order valence-corrected chi connectivity index (χ0v) is 11.9. The molecule has 1 aromatic carbocycles. The number of rotatable bonds is 3. The molecular formula is C11H9IN2O2S. The Hall–Kier alpha value is -1.15. The summed E-state index contributed by atoms with van der Waals surface area (Å²) >= 11 is 3.55. The number of thiazole rings is 1. The smallest absolute Gasteiger partial charge is 0.355 e. The second kappa shape index (κ2) is 5.01. The first kappa shape index (κ1) is 12.3. The summed E-state index contributed by atoms with van der Waals surface area (Å²) in [5.41, 5.74) is 1.04. The Morgan fingerprint density at radius 2 is 2.18 bits per heavy atom. The highest BCUT2D eigenvalue weighted by atomic mass is 127. The second-order valence-corrected chi connectivity index (χ2v) is 5.70. The molecule has 0 saturated carbocycles. The SMILES string of the molecule is Cc1sc(Nc2ccccc2I)nc1C(=O)O. The van der Waals surface area contributed by atoms with Crippen molar-refractivity contribution in [2.45, 2.75) is 6.92 Å². The summed E-state index contributed by atoms with van der Waals surface area (Å²) in [6.45, 7) is 1.75. The van der Waals surface area contributed by atoms with Crippen LogP contribution in [0, 0.1) is 10.5 Å². The molecule has 0 amide bonds. The van der Waals surface area contributed by atoms with Gasteiger partial charge in [0.1, 0.15) is 0 Å². The highest BCUT2D eigenvalue weighted by Crippen LogP contribution is 2.27. The van der Waals surface area contributed by atoms with Crippen LogP contribution >= 0.6 is 33.9 Å². The number of nitrogens with one attached hydrogen (secondary N) is 1. The molecule has 0 saturated heterocycles. The highest BCUT2D eigenvalue weighted by molar-refractivity contribution is 14.1. The van der Waals surface area contributed by atoms with Gasteiger partial charge in [0.2, 0.25) is 0 Å². The monoisotopic (exact) mass is 360 g/mol. The fourth-order valence-corrected chi connectivity index (χ4v) is 2.67. The van der Waals surface area contributed by atoms with Crippen molar-refractivity contribution in [3.05, 3.63) is 38.4 Å². The zero-order chi connectivity index (χ0) is 12.4. The van der Waals surface area contributed by atoms with E-state index in [1.54, 1.807) is 6.92 Å². The highest BCUT2D eigenvalue weighted by Gasteiger charge is 2.14. The maximum atomic E-state index is 10.9. The van der Waals surface area contributed by atoms with Gasteiger partial charge in [0.25, 0.3) is 0 Å². The standard InChI is InChI=1S/C11H9IN2O2S/c1-6-9(10(15)16)14-11(17-6)13-8-5-3-2-4-7(8)12/h2-5H,1H3,(H,13,14)(H,15,16). The van der Waals surface area contributed by atoms with Crippen LogP contribution < -0.4 is 5.32 Å². The van der Waals surface area contributed by atoms with Gasteiger partial charge in [-0.15, -0.1) is 11.3 Å². The lowest BCUT2D eigenvalue weighted by Gasteiger charge is -2.03. The van der Waals surface area contributed by atoms with E-state index >= 15 is 0 Å². The van der Waals surface area contributed by atoms with Crippen molar-refractivity contribution < 1.29 is 9.90 Å². The van der Waals surface area contributed by atoms with Gasteiger partial charge in [0.15, 0.2) is 10.8 Å². The Bertz CT molecular complexity index is 568. The zero-order valence-electron chi connectivity index (χ0n) is 8.90. The van der Waals surface area contributed by atoms with Gasteiger partial charge in [0.05, 0.1) is 5.69 Å². The molecule has 2 aromatic rings. The molecule has 1 heterocycles. The number of benzene rings is 1. The molecule has 0 atom stereocenters. The average Bonchev–Trinajstić information content (AvgIpc) is 2.63. The predicted octanol–water partition coefficient (Wildman–Crippen LogP) is 3.50. The molecule has 0 unspecified atom stereocenters. The maximum Gasteiger partial charge on any atom is 0.355 e. The molecule has 0 radical (unpaired) electrons. The van der Waals surface area contributed by atoms with Gasteiger partial charge in [-0.2, -0.15) is 0 Å². The van der Waals surface area contributed by atoms with E-state index in [0.717, 1.165) is 9.26 Å². The Balaban J connectivity index is 2.28. The van der Waals surface area contributed by atoms with Gasteiger partial charge < -0.3 is 10.4 Å². The van der Waals surface area contributed by atoms with E-state index in [1.165, 1.54) is 11.3 Å². The van der Waals surface area contributed by atoms with Crippen LogP contribution in [0.4, 0.5) is 10.8 Å². The molecule has 88 valence electrons. The minimum Gasteiger partial charge on any atom is -0.476 e. The number of aryl methyl sites for hydroxylation is 1. The summed E-state index contributed by atoms with van der Waals surface area (Å²) in [6.07, 6.45) is 0. The summed E-state index contributed by atoms with van der Waals surface area (Å²) in [4.78, 5) is 15.6. The fourth-order valence-electron chi connectivity index (χ4n) is 1.33. The van der Waals surface area contributed by atoms with E-state index in [-0.39, 0.29) is 5.69 Å². The van der Waals surface area contributed by atoms with E-state index < -0.39 is 5.97 Å². The minimum atomic E-state index is -0.991. The molecule has 6 heteroatoms. The van der Waals surface area contributed by atoms with E-state index in [9.17, 15) is 4.79 Å². The van der Waals surface area contributed by atoms with E-state index in [2.05, 4.69) is 32.9 Å². The third-order valence-corrected chi connectivity index (χ3v) is 3.94. The minimum absolute atomic E-state index is 0.114. The van der Waals surface area contributed by atoms with Crippen LogP contribution in [-0.4, -0.2) is 16.1 Å². The van der Waals surface area contributed by atoms with Crippen molar-refractivity contribution in [2.24, 2.45) is 0 Å². The van der Waals surface area contributed by atoms with Crippen LogP contribution in [0.25, 0.3) is 0 Å². The molecular weight excluding hydrogens is 351 g/mol. The van der Waals surface area contributed by atoms with Crippen molar-refractivity contribution in [3.63, 3.8) is 0 Å². The van der Waals surface area contributed by atoms with Gasteiger partial charge in [-0.1, -0.05) is 12.1 Å². The molecule has 0 aliphatic rings. The summed E-state index contributed by atoms with van der Waals surface area (Å²) < 4.78 is 1.06. The number of hydrogen-bond donors (Lipinski definition) is 2. The third-order valence-electron chi connectivity index (χ3n) is 2.11. The Morgan fingerprint density at radius 3 is 2.76 bits per heavy atom. The molecule has 0 spiro atoms. The van der Waals surface area contributed by atoms with Crippen molar-refractivity contribution >= 4 is 50.7 Å². The molecule has 0 fully saturated rings. The molecule has 1 aromatic heterocycles. The summed E-state index contributed by atoms with van der Waals surface area (Å²) in [6, 6.07) is 7.77. The Morgan fingerprint density at radius 1 is 1.47 bits per heavy atom. The quantitative estimate of drug-likeness (QED) is 0.823. The van der Waals surface area contributed by atoms with Crippen LogP contribution in [0.15, 0.2) is 24.3 Å². The van der Waals surface area contributed by atoms with Crippen LogP contribution in [0.5, 0.6) is 0 Å². The lowest BCUT2D eigenvalue weighted by Crippen LogP contribution is -1.99. The van der Waals surface area contributed by atoms with Gasteiger partial charge in [-0.25, -0.2) is 9.78 Å². The van der Waals surface area contributed by atoms with Crippen LogP contribution in [0.2, 0.25) is 0 Å². The molecule has 17 heavy (non-hydrogen) atoms. The first-order valence-electron chi connectivity index (χ1n) is 4.80. The number of nitrogens with zero attached hydrogens (tertiary/aromatic N) is 1. The van der Waals surface area contributed by atoms with Gasteiger partial charge >= 0.3 is 5.97 Å². The number of anilines is 2. The molecule has 2 N–H and O–H groups in total. The summed E-state index contributed by atoms with van der Waals surface area (Å²) in [5.74, 6) is -0.991. The van der Waals surface area contributed by atoms with Crippen LogP contribution in [0.1, 0.15) is 15.4 Å². The molecule has 0 aliphatic heterocycles. The lowest BCUT2D eigenvalue weighted by atomic mass is 10.3. The number of para-hydroxylation sites is 1. The van der Waals surface area contributed by atoms with Gasteiger partial charge in [-0.05, 0) is 41.6 Å². The number of aromatic nitrogens is 1. The van der Waals surface area contributed by atoms with Crippen LogP contribution in [0.3, 0.4) is 0 Å². The number of aromatic carboxylic acids is 1. The largest absolute Gasteiger partial charge is 0.476 e. The average molecular weight is 360 g/mol. The van der Waals surface area contributed by atoms with Gasteiger partial charge in [-0.3, -0.25) is 0 Å². The fraction of sp³-hybridized carbons (Fsp3) is 0.0909. The second-order valence-electron chi connectivity index (χ2n) is 3.33. The number of carboxylic acids is 1. The number of hydrogen-bond acceptors (Lipinski definition) is 4. The Labute approximate surface area is 116 Å². The predicted molar refractivity (Wildman–Crippen MR) is 76.3 cm³/mol. The van der Waals surface area contributed by atoms with Gasteiger partial charge in [0, 0.05) is 8.45 Å². The number of halogens is 1. The van der Waals surface area contributed by atoms with Crippen molar-refractivity contribution in [1.29, 1.82) is 0 Å². The first-order valence-corrected chi connectivity index (χ1v) is 6.69. The summed E-state index contributed by atoms with van der Waals surface area (Å²) in [5, 5.41) is 12.6. The maximum absolute atomic E-state index is 10.9. The van der Waals surface area contributed by atoms with Crippen molar-refractivity contribution in [2.75, 3.05) is 5.32 Å². The molecule has 0 bridgehead atoms. The van der Waals surface area contributed by atoms with Crippen LogP contribution in [-0.2, 0) is 0 Å². The van der Waals surface area contributed by atoms with Crippen molar-refractivity contribution in [1.82, 2.24) is 4.98 Å². The number of carbonyl (C=O) groups is 1. The molecule has 0 aliphatic carbocycles. The molecule has 2 rings (SSSR count). The lowest BCUT2D eigenvalue weighted by molar-refractivity contribution is 0.0690. The van der Waals surface area contributed by atoms with E-state index in [1.807, 2.05) is 24.3 Å². The summed E-state index contributed by atoms with van der Waals surface area (Å²) in [7, 11) is 0. The first-order chi connectivity index (χ1) is 8.08. The van der Waals surface area contributed by atoms with E-state index in [0.29, 0.717) is 10.0 Å². The van der Waals surface area contributed by atoms with E-state index in [4.69, 9.17) is 5.11 Å². The number of carboxylic acid groups (broad SMARTS) is 1. The topological polar surface area (TPSA) is 62.2 Å². The third kappa shape index (κ3) is 2.75. The normalized spacial score (nSPS) is 10.2.